The lowest BCUT2D eigenvalue weighted by Gasteiger charge is -2.57. The smallest absolute Gasteiger partial charge is 0.321 e. The van der Waals surface area contributed by atoms with Crippen molar-refractivity contribution in [2.24, 2.45) is 23.2 Å². The average molecular weight is 282 g/mol. The zero-order valence-electron chi connectivity index (χ0n) is 12.7. The first kappa shape index (κ1) is 14.1. The van der Waals surface area contributed by atoms with Crippen LogP contribution < -0.4 is 0 Å². The summed E-state index contributed by atoms with van der Waals surface area (Å²) in [6.45, 7) is 5.86. The normalized spacial score (nSPS) is 40.3. The molecule has 0 spiro atoms. The second-order valence-corrected chi connectivity index (χ2v) is 9.40. The van der Waals surface area contributed by atoms with E-state index in [0.29, 0.717) is 5.41 Å². The quantitative estimate of drug-likeness (QED) is 0.660. The first-order valence-corrected chi connectivity index (χ1v) is 10.2. The molecule has 4 bridgehead atoms. The molecule has 0 heterocycles. The Morgan fingerprint density at radius 1 is 0.895 bits per heavy atom. The molecule has 4 aliphatic rings. The van der Waals surface area contributed by atoms with Gasteiger partial charge in [-0.3, -0.25) is 0 Å². The summed E-state index contributed by atoms with van der Waals surface area (Å²) in [5.74, 6) is 3.22. The van der Waals surface area contributed by atoms with E-state index >= 15 is 0 Å². The lowest BCUT2D eigenvalue weighted by molar-refractivity contribution is -0.0554. The predicted molar refractivity (Wildman–Crippen MR) is 80.4 cm³/mol. The van der Waals surface area contributed by atoms with Crippen LogP contribution in [0.3, 0.4) is 0 Å². The first-order valence-electron chi connectivity index (χ1n) is 8.46. The predicted octanol–water partition coefficient (Wildman–Crippen LogP) is 3.89. The summed E-state index contributed by atoms with van der Waals surface area (Å²) in [6, 6.07) is 1.24. The SMILES string of the molecule is CCO[SiH](CCC12CC3CC(CC(C3)C1)C2)OCC. The molecule has 0 saturated heterocycles. The van der Waals surface area contributed by atoms with Crippen molar-refractivity contribution in [3.8, 4) is 0 Å². The monoisotopic (exact) mass is 282 g/mol. The van der Waals surface area contributed by atoms with Crippen molar-refractivity contribution in [1.29, 1.82) is 0 Å². The molecule has 2 nitrogen and oxygen atoms in total. The highest BCUT2D eigenvalue weighted by atomic mass is 28.3. The van der Waals surface area contributed by atoms with E-state index < -0.39 is 9.28 Å². The van der Waals surface area contributed by atoms with E-state index in [1.807, 2.05) is 0 Å². The van der Waals surface area contributed by atoms with E-state index in [9.17, 15) is 0 Å². The van der Waals surface area contributed by atoms with E-state index in [0.717, 1.165) is 31.0 Å². The van der Waals surface area contributed by atoms with Crippen LogP contribution in [-0.2, 0) is 8.85 Å². The molecule has 4 aliphatic carbocycles. The van der Waals surface area contributed by atoms with E-state index in [2.05, 4.69) is 13.8 Å². The molecule has 3 heteroatoms. The zero-order chi connectivity index (χ0) is 13.3. The molecule has 19 heavy (non-hydrogen) atoms. The van der Waals surface area contributed by atoms with E-state index in [-0.39, 0.29) is 0 Å². The second-order valence-electron chi connectivity index (χ2n) is 7.30. The molecule has 0 aromatic carbocycles. The Labute approximate surface area is 120 Å². The second kappa shape index (κ2) is 5.86. The van der Waals surface area contributed by atoms with E-state index in [1.54, 1.807) is 19.3 Å². The van der Waals surface area contributed by atoms with Crippen molar-refractivity contribution in [2.45, 2.75) is 64.8 Å². The third kappa shape index (κ3) is 3.08. The standard InChI is InChI=1S/C16H30O2Si/c1-3-17-19(18-4-2)6-5-16-10-13-7-14(11-16)9-15(8-13)12-16/h13-15,19H,3-12H2,1-2H3. The zero-order valence-corrected chi connectivity index (χ0v) is 13.9. The maximum Gasteiger partial charge on any atom is 0.321 e. The van der Waals surface area contributed by atoms with Crippen LogP contribution in [0.4, 0.5) is 0 Å². The third-order valence-corrected chi connectivity index (χ3v) is 7.95. The molecule has 4 saturated carbocycles. The number of hydrogen-bond donors (Lipinski definition) is 0. The van der Waals surface area contributed by atoms with Gasteiger partial charge in [-0.2, -0.15) is 0 Å². The molecule has 4 fully saturated rings. The lowest BCUT2D eigenvalue weighted by atomic mass is 9.49. The van der Waals surface area contributed by atoms with Gasteiger partial charge in [0.25, 0.3) is 0 Å². The highest BCUT2D eigenvalue weighted by molar-refractivity contribution is 6.44. The molecule has 0 aliphatic heterocycles. The van der Waals surface area contributed by atoms with Gasteiger partial charge in [-0.05, 0) is 88.0 Å². The van der Waals surface area contributed by atoms with Crippen LogP contribution in [0, 0.1) is 23.2 Å². The molecule has 0 aromatic heterocycles. The molecular formula is C16H30O2Si. The van der Waals surface area contributed by atoms with Gasteiger partial charge in [0.05, 0.1) is 0 Å². The summed E-state index contributed by atoms with van der Waals surface area (Å²) >= 11 is 0. The number of rotatable bonds is 7. The van der Waals surface area contributed by atoms with Gasteiger partial charge in [0.2, 0.25) is 0 Å². The Kier molecular flexibility index (Phi) is 4.35. The Morgan fingerprint density at radius 3 is 1.79 bits per heavy atom. The molecule has 0 atom stereocenters. The molecule has 0 aromatic rings. The van der Waals surface area contributed by atoms with Gasteiger partial charge in [0, 0.05) is 13.2 Å². The van der Waals surface area contributed by atoms with Crippen molar-refractivity contribution < 1.29 is 8.85 Å². The Bertz CT molecular complexity index is 264. The summed E-state index contributed by atoms with van der Waals surface area (Å²) in [5, 5.41) is 0. The largest absolute Gasteiger partial charge is 0.397 e. The van der Waals surface area contributed by atoms with Crippen LogP contribution >= 0.6 is 0 Å². The molecule has 4 rings (SSSR count). The number of hydrogen-bond acceptors (Lipinski definition) is 2. The fourth-order valence-corrected chi connectivity index (χ4v) is 7.63. The average Bonchev–Trinajstić information content (AvgIpc) is 2.35. The van der Waals surface area contributed by atoms with Gasteiger partial charge in [-0.15, -0.1) is 0 Å². The maximum absolute atomic E-state index is 5.86. The van der Waals surface area contributed by atoms with Crippen molar-refractivity contribution in [2.75, 3.05) is 13.2 Å². The van der Waals surface area contributed by atoms with Gasteiger partial charge < -0.3 is 8.85 Å². The minimum Gasteiger partial charge on any atom is -0.397 e. The third-order valence-electron chi connectivity index (χ3n) is 5.78. The van der Waals surface area contributed by atoms with Gasteiger partial charge in [-0.25, -0.2) is 0 Å². The Hall–Kier alpha value is 0.137. The van der Waals surface area contributed by atoms with Crippen LogP contribution in [0.25, 0.3) is 0 Å². The minimum atomic E-state index is -1.36. The lowest BCUT2D eigenvalue weighted by Crippen LogP contribution is -2.46. The van der Waals surface area contributed by atoms with E-state index in [1.165, 1.54) is 31.7 Å². The highest BCUT2D eigenvalue weighted by Crippen LogP contribution is 2.61. The van der Waals surface area contributed by atoms with E-state index in [4.69, 9.17) is 8.85 Å². The summed E-state index contributed by atoms with van der Waals surface area (Å²) in [7, 11) is -1.36. The van der Waals surface area contributed by atoms with Crippen molar-refractivity contribution in [3.05, 3.63) is 0 Å². The molecule has 0 amide bonds. The fourth-order valence-electron chi connectivity index (χ4n) is 5.61. The molecule has 110 valence electrons. The van der Waals surface area contributed by atoms with Gasteiger partial charge in [0.15, 0.2) is 0 Å². The molecule has 0 unspecified atom stereocenters. The van der Waals surface area contributed by atoms with Crippen LogP contribution in [0.1, 0.15) is 58.8 Å². The summed E-state index contributed by atoms with van der Waals surface area (Å²) < 4.78 is 11.7. The van der Waals surface area contributed by atoms with Crippen molar-refractivity contribution >= 4 is 9.28 Å². The van der Waals surface area contributed by atoms with Crippen molar-refractivity contribution in [3.63, 3.8) is 0 Å². The molecular weight excluding hydrogens is 252 g/mol. The van der Waals surface area contributed by atoms with Crippen LogP contribution in [-0.4, -0.2) is 22.5 Å². The highest BCUT2D eigenvalue weighted by Gasteiger charge is 2.50. The van der Waals surface area contributed by atoms with Gasteiger partial charge >= 0.3 is 9.28 Å². The van der Waals surface area contributed by atoms with Crippen LogP contribution in [0.2, 0.25) is 6.04 Å². The van der Waals surface area contributed by atoms with Crippen LogP contribution in [0.15, 0.2) is 0 Å². The molecule has 0 N–H and O–H groups in total. The van der Waals surface area contributed by atoms with Gasteiger partial charge in [-0.1, -0.05) is 0 Å². The Morgan fingerprint density at radius 2 is 1.37 bits per heavy atom. The Balaban J connectivity index is 1.56. The first-order chi connectivity index (χ1) is 9.23. The fraction of sp³-hybridized carbons (Fsp3) is 1.00. The minimum absolute atomic E-state index is 0.703. The van der Waals surface area contributed by atoms with Crippen LogP contribution in [0.5, 0.6) is 0 Å². The topological polar surface area (TPSA) is 18.5 Å². The maximum atomic E-state index is 5.86. The van der Waals surface area contributed by atoms with Gasteiger partial charge in [0.1, 0.15) is 0 Å². The van der Waals surface area contributed by atoms with Crippen molar-refractivity contribution in [1.82, 2.24) is 0 Å². The summed E-state index contributed by atoms with van der Waals surface area (Å²) in [4.78, 5) is 0. The summed E-state index contributed by atoms with van der Waals surface area (Å²) in [5.41, 5.74) is 0.703. The molecule has 0 radical (unpaired) electrons. The summed E-state index contributed by atoms with van der Waals surface area (Å²) in [6.07, 6.45) is 10.6.